The molecule has 0 bridgehead atoms. The Morgan fingerprint density at radius 1 is 1.24 bits per heavy atom. The monoisotopic (exact) mass is 232 g/mol. The summed E-state index contributed by atoms with van der Waals surface area (Å²) in [4.78, 5) is 2.58. The Morgan fingerprint density at radius 2 is 1.94 bits per heavy atom. The Kier molecular flexibility index (Phi) is 4.19. The number of aryl methyl sites for hydroxylation is 1. The standard InChI is InChI=1S/C15H24N2/c1-12-6-8-14(9-7-12)11-17-13(2)4-3-5-15(17)10-16/h6-9,13,15H,3-5,10-11,16H2,1-2H3. The lowest BCUT2D eigenvalue weighted by Gasteiger charge is -2.40. The fraction of sp³-hybridized carbons (Fsp3) is 0.600. The van der Waals surface area contributed by atoms with E-state index in [0.717, 1.165) is 13.1 Å². The van der Waals surface area contributed by atoms with Gasteiger partial charge in [-0.1, -0.05) is 36.2 Å². The SMILES string of the molecule is Cc1ccc(CN2C(C)CCCC2CN)cc1. The minimum atomic E-state index is 0.569. The minimum absolute atomic E-state index is 0.569. The molecule has 0 radical (unpaired) electrons. The van der Waals surface area contributed by atoms with Crippen LogP contribution < -0.4 is 5.73 Å². The number of hydrogen-bond donors (Lipinski definition) is 1. The topological polar surface area (TPSA) is 29.3 Å². The first-order valence-electron chi connectivity index (χ1n) is 6.72. The summed E-state index contributed by atoms with van der Waals surface area (Å²) in [6, 6.07) is 10.1. The van der Waals surface area contributed by atoms with Crippen molar-refractivity contribution < 1.29 is 0 Å². The Balaban J connectivity index is 2.06. The van der Waals surface area contributed by atoms with Gasteiger partial charge in [-0.2, -0.15) is 0 Å². The van der Waals surface area contributed by atoms with Crippen molar-refractivity contribution >= 4 is 0 Å². The van der Waals surface area contributed by atoms with Crippen LogP contribution in [0.15, 0.2) is 24.3 Å². The number of benzene rings is 1. The molecule has 17 heavy (non-hydrogen) atoms. The summed E-state index contributed by atoms with van der Waals surface area (Å²) in [6.45, 7) is 6.30. The molecule has 1 aromatic rings. The summed E-state index contributed by atoms with van der Waals surface area (Å²) < 4.78 is 0. The molecule has 2 atom stereocenters. The number of rotatable bonds is 3. The van der Waals surface area contributed by atoms with Gasteiger partial charge in [0.05, 0.1) is 0 Å². The lowest BCUT2D eigenvalue weighted by Crippen LogP contribution is -2.48. The highest BCUT2D eigenvalue weighted by Crippen LogP contribution is 2.24. The van der Waals surface area contributed by atoms with E-state index in [4.69, 9.17) is 5.73 Å². The molecule has 2 N–H and O–H groups in total. The zero-order chi connectivity index (χ0) is 12.3. The molecule has 1 aromatic carbocycles. The predicted octanol–water partition coefficient (Wildman–Crippen LogP) is 2.70. The first kappa shape index (κ1) is 12.6. The third kappa shape index (κ3) is 3.08. The van der Waals surface area contributed by atoms with Crippen molar-refractivity contribution in [1.29, 1.82) is 0 Å². The van der Waals surface area contributed by atoms with Gasteiger partial charge in [-0.05, 0) is 32.3 Å². The van der Waals surface area contributed by atoms with Gasteiger partial charge in [-0.15, -0.1) is 0 Å². The van der Waals surface area contributed by atoms with Gasteiger partial charge in [-0.25, -0.2) is 0 Å². The van der Waals surface area contributed by atoms with Crippen LogP contribution in [-0.4, -0.2) is 23.5 Å². The summed E-state index contributed by atoms with van der Waals surface area (Å²) in [7, 11) is 0. The lowest BCUT2D eigenvalue weighted by atomic mass is 9.95. The largest absolute Gasteiger partial charge is 0.329 e. The highest BCUT2D eigenvalue weighted by atomic mass is 15.2. The maximum atomic E-state index is 5.89. The molecule has 1 fully saturated rings. The Hall–Kier alpha value is -0.860. The fourth-order valence-corrected chi connectivity index (χ4v) is 2.78. The molecule has 2 nitrogen and oxygen atoms in total. The highest BCUT2D eigenvalue weighted by Gasteiger charge is 2.26. The molecule has 2 unspecified atom stereocenters. The second kappa shape index (κ2) is 5.65. The summed E-state index contributed by atoms with van der Waals surface area (Å²) in [5, 5.41) is 0. The van der Waals surface area contributed by atoms with Crippen molar-refractivity contribution in [3.63, 3.8) is 0 Å². The van der Waals surface area contributed by atoms with Crippen LogP contribution in [-0.2, 0) is 6.54 Å². The quantitative estimate of drug-likeness (QED) is 0.868. The molecule has 1 aliphatic heterocycles. The average Bonchev–Trinajstić information content (AvgIpc) is 2.34. The molecule has 0 amide bonds. The molecule has 94 valence electrons. The van der Waals surface area contributed by atoms with Crippen LogP contribution in [0.3, 0.4) is 0 Å². The second-order valence-electron chi connectivity index (χ2n) is 5.33. The van der Waals surface area contributed by atoms with Crippen molar-refractivity contribution in [2.24, 2.45) is 5.73 Å². The van der Waals surface area contributed by atoms with E-state index in [1.807, 2.05) is 0 Å². The van der Waals surface area contributed by atoms with Crippen molar-refractivity contribution in [2.75, 3.05) is 6.54 Å². The molecule has 0 saturated carbocycles. The lowest BCUT2D eigenvalue weighted by molar-refractivity contribution is 0.0892. The van der Waals surface area contributed by atoms with Crippen LogP contribution in [0.4, 0.5) is 0 Å². The first-order valence-corrected chi connectivity index (χ1v) is 6.72. The molecule has 0 aliphatic carbocycles. The van der Waals surface area contributed by atoms with Crippen molar-refractivity contribution in [3.8, 4) is 0 Å². The van der Waals surface area contributed by atoms with Gasteiger partial charge in [0.25, 0.3) is 0 Å². The normalized spacial score (nSPS) is 26.1. The number of likely N-dealkylation sites (tertiary alicyclic amines) is 1. The third-order valence-corrected chi connectivity index (χ3v) is 3.95. The molecule has 1 heterocycles. The predicted molar refractivity (Wildman–Crippen MR) is 72.9 cm³/mol. The highest BCUT2D eigenvalue weighted by molar-refractivity contribution is 5.21. The molecule has 0 spiro atoms. The molecular weight excluding hydrogens is 208 g/mol. The maximum Gasteiger partial charge on any atom is 0.0240 e. The Morgan fingerprint density at radius 3 is 2.59 bits per heavy atom. The summed E-state index contributed by atoms with van der Waals surface area (Å²) in [5.74, 6) is 0. The van der Waals surface area contributed by atoms with Gasteiger partial charge in [0, 0.05) is 25.2 Å². The van der Waals surface area contributed by atoms with Crippen LogP contribution in [0.25, 0.3) is 0 Å². The maximum absolute atomic E-state index is 5.89. The van der Waals surface area contributed by atoms with Gasteiger partial charge < -0.3 is 5.73 Å². The van der Waals surface area contributed by atoms with E-state index in [1.54, 1.807) is 0 Å². The zero-order valence-corrected chi connectivity index (χ0v) is 11.0. The molecule has 1 saturated heterocycles. The van der Waals surface area contributed by atoms with Gasteiger partial charge in [0.1, 0.15) is 0 Å². The van der Waals surface area contributed by atoms with Gasteiger partial charge in [0.2, 0.25) is 0 Å². The van der Waals surface area contributed by atoms with Crippen molar-refractivity contribution in [3.05, 3.63) is 35.4 Å². The van der Waals surface area contributed by atoms with Crippen LogP contribution >= 0.6 is 0 Å². The Labute approximate surface area is 105 Å². The van der Waals surface area contributed by atoms with E-state index in [2.05, 4.69) is 43.0 Å². The minimum Gasteiger partial charge on any atom is -0.329 e. The van der Waals surface area contributed by atoms with Crippen molar-refractivity contribution in [2.45, 2.75) is 51.7 Å². The summed E-state index contributed by atoms with van der Waals surface area (Å²) in [5.41, 5.74) is 8.63. The van der Waals surface area contributed by atoms with Crippen LogP contribution in [0, 0.1) is 6.92 Å². The molecule has 0 aromatic heterocycles. The third-order valence-electron chi connectivity index (χ3n) is 3.95. The smallest absolute Gasteiger partial charge is 0.0240 e. The van der Waals surface area contributed by atoms with E-state index in [0.29, 0.717) is 12.1 Å². The average molecular weight is 232 g/mol. The van der Waals surface area contributed by atoms with E-state index >= 15 is 0 Å². The summed E-state index contributed by atoms with van der Waals surface area (Å²) in [6.07, 6.45) is 3.89. The Bertz CT molecular complexity index is 344. The number of nitrogens with two attached hydrogens (primary N) is 1. The molecule has 1 aliphatic rings. The van der Waals surface area contributed by atoms with Crippen LogP contribution in [0.2, 0.25) is 0 Å². The van der Waals surface area contributed by atoms with E-state index in [9.17, 15) is 0 Å². The molecular formula is C15H24N2. The van der Waals surface area contributed by atoms with Crippen molar-refractivity contribution in [1.82, 2.24) is 4.90 Å². The summed E-state index contributed by atoms with van der Waals surface area (Å²) >= 11 is 0. The fourth-order valence-electron chi connectivity index (χ4n) is 2.78. The second-order valence-corrected chi connectivity index (χ2v) is 5.33. The first-order chi connectivity index (χ1) is 8.20. The van der Waals surface area contributed by atoms with Gasteiger partial charge >= 0.3 is 0 Å². The van der Waals surface area contributed by atoms with E-state index < -0.39 is 0 Å². The van der Waals surface area contributed by atoms with Crippen LogP contribution in [0.1, 0.15) is 37.3 Å². The van der Waals surface area contributed by atoms with E-state index in [1.165, 1.54) is 30.4 Å². The molecule has 2 rings (SSSR count). The molecule has 2 heteroatoms. The number of piperidine rings is 1. The number of hydrogen-bond acceptors (Lipinski definition) is 2. The van der Waals surface area contributed by atoms with Gasteiger partial charge in [0.15, 0.2) is 0 Å². The zero-order valence-electron chi connectivity index (χ0n) is 11.0. The van der Waals surface area contributed by atoms with E-state index in [-0.39, 0.29) is 0 Å². The van der Waals surface area contributed by atoms with Gasteiger partial charge in [-0.3, -0.25) is 4.90 Å². The number of nitrogens with zero attached hydrogens (tertiary/aromatic N) is 1. The van der Waals surface area contributed by atoms with Crippen LogP contribution in [0.5, 0.6) is 0 Å².